The lowest BCUT2D eigenvalue weighted by Gasteiger charge is -2.09. The Morgan fingerprint density at radius 2 is 2.00 bits per heavy atom. The van der Waals surface area contributed by atoms with Gasteiger partial charge < -0.3 is 4.57 Å². The molecule has 3 aromatic rings. The molecule has 0 saturated carbocycles. The first-order valence-electron chi connectivity index (χ1n) is 6.57. The van der Waals surface area contributed by atoms with Crippen LogP contribution in [-0.4, -0.2) is 9.55 Å². The maximum atomic E-state index is 13.9. The molecule has 3 rings (SSSR count). The molecule has 0 saturated heterocycles. The number of fused-ring (bicyclic) bond motifs is 1. The van der Waals surface area contributed by atoms with Crippen LogP contribution >= 0.6 is 15.9 Å². The first-order chi connectivity index (χ1) is 9.69. The van der Waals surface area contributed by atoms with Gasteiger partial charge in [0.2, 0.25) is 0 Å². The van der Waals surface area contributed by atoms with E-state index in [1.165, 1.54) is 6.07 Å². The van der Waals surface area contributed by atoms with Crippen LogP contribution in [0.1, 0.15) is 18.3 Å². The molecule has 4 heteroatoms. The van der Waals surface area contributed by atoms with Crippen LogP contribution in [0.5, 0.6) is 0 Å². The highest BCUT2D eigenvalue weighted by Crippen LogP contribution is 2.21. The van der Waals surface area contributed by atoms with E-state index in [0.29, 0.717) is 12.1 Å². The van der Waals surface area contributed by atoms with Gasteiger partial charge in [-0.2, -0.15) is 0 Å². The van der Waals surface area contributed by atoms with Gasteiger partial charge in [0.25, 0.3) is 0 Å². The van der Waals surface area contributed by atoms with Crippen molar-refractivity contribution >= 4 is 27.0 Å². The van der Waals surface area contributed by atoms with Crippen LogP contribution in [0, 0.1) is 5.82 Å². The third kappa shape index (κ3) is 2.36. The molecular weight excluding hydrogens is 319 g/mol. The molecule has 0 radical (unpaired) electrons. The van der Waals surface area contributed by atoms with Gasteiger partial charge in [0.05, 0.1) is 17.6 Å². The minimum atomic E-state index is -0.187. The van der Waals surface area contributed by atoms with E-state index in [0.717, 1.165) is 27.8 Å². The fourth-order valence-corrected chi connectivity index (χ4v) is 2.82. The van der Waals surface area contributed by atoms with Crippen molar-refractivity contribution < 1.29 is 4.39 Å². The van der Waals surface area contributed by atoms with Gasteiger partial charge >= 0.3 is 0 Å². The van der Waals surface area contributed by atoms with Gasteiger partial charge in [-0.3, -0.25) is 0 Å². The van der Waals surface area contributed by atoms with Crippen molar-refractivity contribution in [1.29, 1.82) is 0 Å². The van der Waals surface area contributed by atoms with Gasteiger partial charge in [-0.05, 0) is 30.3 Å². The number of aromatic nitrogens is 2. The van der Waals surface area contributed by atoms with Crippen LogP contribution in [0.4, 0.5) is 4.39 Å². The largest absolute Gasteiger partial charge is 0.323 e. The van der Waals surface area contributed by atoms with E-state index in [1.807, 2.05) is 30.3 Å². The predicted octanol–water partition coefficient (Wildman–Crippen LogP) is 4.55. The summed E-state index contributed by atoms with van der Waals surface area (Å²) >= 11 is 3.39. The summed E-state index contributed by atoms with van der Waals surface area (Å²) in [7, 11) is 0. The highest BCUT2D eigenvalue weighted by Gasteiger charge is 2.11. The predicted molar refractivity (Wildman–Crippen MR) is 82.3 cm³/mol. The summed E-state index contributed by atoms with van der Waals surface area (Å²) in [5.41, 5.74) is 2.67. The summed E-state index contributed by atoms with van der Waals surface area (Å²) in [6, 6.07) is 13.0. The molecule has 1 aromatic heterocycles. The van der Waals surface area contributed by atoms with Crippen molar-refractivity contribution in [3.63, 3.8) is 0 Å². The molecule has 0 spiro atoms. The summed E-state index contributed by atoms with van der Waals surface area (Å²) in [5.74, 6) is 0.790. The first kappa shape index (κ1) is 13.3. The van der Waals surface area contributed by atoms with Crippen LogP contribution in [-0.2, 0) is 13.0 Å². The number of nitrogens with zero attached hydrogens (tertiary/aromatic N) is 2. The normalized spacial score (nSPS) is 11.2. The van der Waals surface area contributed by atoms with Crippen LogP contribution in [0.25, 0.3) is 11.0 Å². The van der Waals surface area contributed by atoms with Gasteiger partial charge in [0.1, 0.15) is 11.6 Å². The third-order valence-electron chi connectivity index (χ3n) is 3.39. The Hall–Kier alpha value is -1.68. The van der Waals surface area contributed by atoms with Gasteiger partial charge in [-0.25, -0.2) is 9.37 Å². The summed E-state index contributed by atoms with van der Waals surface area (Å²) in [4.78, 5) is 4.61. The third-order valence-corrected chi connectivity index (χ3v) is 3.88. The minimum Gasteiger partial charge on any atom is -0.323 e. The number of hydrogen-bond acceptors (Lipinski definition) is 1. The van der Waals surface area contributed by atoms with E-state index in [9.17, 15) is 4.39 Å². The van der Waals surface area contributed by atoms with Crippen molar-refractivity contribution in [3.05, 3.63) is 64.1 Å². The summed E-state index contributed by atoms with van der Waals surface area (Å²) < 4.78 is 16.9. The molecule has 2 nitrogen and oxygen atoms in total. The molecule has 0 bridgehead atoms. The number of halogens is 2. The summed E-state index contributed by atoms with van der Waals surface area (Å²) in [6.45, 7) is 2.56. The molecule has 0 fully saturated rings. The summed E-state index contributed by atoms with van der Waals surface area (Å²) in [5, 5.41) is 0. The minimum absolute atomic E-state index is 0.187. The molecule has 102 valence electrons. The number of rotatable bonds is 3. The Bertz CT molecular complexity index is 764. The van der Waals surface area contributed by atoms with Crippen molar-refractivity contribution in [1.82, 2.24) is 9.55 Å². The number of hydrogen-bond donors (Lipinski definition) is 0. The zero-order valence-electron chi connectivity index (χ0n) is 11.1. The Morgan fingerprint density at radius 1 is 1.20 bits per heavy atom. The lowest BCUT2D eigenvalue weighted by molar-refractivity contribution is 0.597. The quantitative estimate of drug-likeness (QED) is 0.688. The Kier molecular flexibility index (Phi) is 3.57. The van der Waals surface area contributed by atoms with Crippen molar-refractivity contribution in [2.24, 2.45) is 0 Å². The maximum absolute atomic E-state index is 13.9. The molecule has 0 unspecified atom stereocenters. The fraction of sp³-hybridized carbons (Fsp3) is 0.188. The zero-order chi connectivity index (χ0) is 14.1. The number of aryl methyl sites for hydroxylation is 1. The van der Waals surface area contributed by atoms with E-state index >= 15 is 0 Å². The molecule has 1 heterocycles. The highest BCUT2D eigenvalue weighted by molar-refractivity contribution is 9.10. The molecule has 0 N–H and O–H groups in total. The van der Waals surface area contributed by atoms with Gasteiger partial charge in [0, 0.05) is 16.5 Å². The van der Waals surface area contributed by atoms with Crippen molar-refractivity contribution in [2.75, 3.05) is 0 Å². The van der Waals surface area contributed by atoms with Crippen molar-refractivity contribution in [2.45, 2.75) is 19.9 Å². The molecule has 0 aliphatic rings. The van der Waals surface area contributed by atoms with Crippen LogP contribution in [0.3, 0.4) is 0 Å². The second kappa shape index (κ2) is 5.37. The van der Waals surface area contributed by atoms with E-state index in [2.05, 4.69) is 32.4 Å². The summed E-state index contributed by atoms with van der Waals surface area (Å²) in [6.07, 6.45) is 0.824. The zero-order valence-corrected chi connectivity index (χ0v) is 12.7. The van der Waals surface area contributed by atoms with Gasteiger partial charge in [-0.1, -0.05) is 35.0 Å². The monoisotopic (exact) mass is 332 g/mol. The van der Waals surface area contributed by atoms with E-state index in [1.54, 1.807) is 6.07 Å². The Labute approximate surface area is 125 Å². The van der Waals surface area contributed by atoms with Gasteiger partial charge in [-0.15, -0.1) is 0 Å². The number of benzene rings is 2. The van der Waals surface area contributed by atoms with Crippen LogP contribution in [0.2, 0.25) is 0 Å². The van der Waals surface area contributed by atoms with Crippen molar-refractivity contribution in [3.8, 4) is 0 Å². The fourth-order valence-electron chi connectivity index (χ4n) is 2.41. The average Bonchev–Trinajstić information content (AvgIpc) is 2.81. The second-order valence-electron chi connectivity index (χ2n) is 4.69. The molecule has 20 heavy (non-hydrogen) atoms. The number of para-hydroxylation sites is 2. The van der Waals surface area contributed by atoms with E-state index < -0.39 is 0 Å². The molecular formula is C16H14BrFN2. The smallest absolute Gasteiger partial charge is 0.128 e. The molecule has 0 atom stereocenters. The van der Waals surface area contributed by atoms with E-state index in [4.69, 9.17) is 0 Å². The van der Waals surface area contributed by atoms with Crippen LogP contribution in [0.15, 0.2) is 46.9 Å². The lowest BCUT2D eigenvalue weighted by Crippen LogP contribution is -2.06. The molecule has 0 aliphatic carbocycles. The number of imidazole rings is 1. The Balaban J connectivity index is 2.12. The standard InChI is InChI=1S/C16H14BrFN2/c1-2-16-19-14-5-3-4-6-15(14)20(16)10-11-9-12(17)7-8-13(11)18/h3-9H,2,10H2,1H3. The topological polar surface area (TPSA) is 17.8 Å². The second-order valence-corrected chi connectivity index (χ2v) is 5.61. The SMILES string of the molecule is CCc1nc2ccccc2n1Cc1cc(Br)ccc1F. The van der Waals surface area contributed by atoms with Gasteiger partial charge in [0.15, 0.2) is 0 Å². The highest BCUT2D eigenvalue weighted by atomic mass is 79.9. The van der Waals surface area contributed by atoms with Crippen LogP contribution < -0.4 is 0 Å². The molecule has 2 aromatic carbocycles. The lowest BCUT2D eigenvalue weighted by atomic mass is 10.2. The Morgan fingerprint density at radius 3 is 2.80 bits per heavy atom. The maximum Gasteiger partial charge on any atom is 0.128 e. The molecule has 0 amide bonds. The molecule has 0 aliphatic heterocycles. The van der Waals surface area contributed by atoms with E-state index in [-0.39, 0.29) is 5.82 Å². The average molecular weight is 333 g/mol. The first-order valence-corrected chi connectivity index (χ1v) is 7.36.